The summed E-state index contributed by atoms with van der Waals surface area (Å²) in [6, 6.07) is 10.6. The molecule has 0 bridgehead atoms. The Balaban J connectivity index is 1.31. The predicted molar refractivity (Wildman–Crippen MR) is 155 cm³/mol. The number of nitrogens with one attached hydrogen (secondary N) is 2. The molecular weight excluding hydrogens is 525 g/mol. The molecule has 0 atom stereocenters. The molecule has 1 amide bonds. The molecule has 1 saturated heterocycles. The Morgan fingerprint density at radius 2 is 2.00 bits per heavy atom. The van der Waals surface area contributed by atoms with E-state index in [2.05, 4.69) is 31.5 Å². The number of piperidine rings is 1. The second-order valence-electron chi connectivity index (χ2n) is 11.1. The van der Waals surface area contributed by atoms with Crippen LogP contribution in [0.5, 0.6) is 0 Å². The molecule has 1 aromatic carbocycles. The first kappa shape index (κ1) is 27.1. The molecule has 2 aliphatic rings. The van der Waals surface area contributed by atoms with Gasteiger partial charge in [-0.1, -0.05) is 6.07 Å². The third kappa shape index (κ3) is 5.23. The van der Waals surface area contributed by atoms with Crippen molar-refractivity contribution in [3.8, 4) is 11.3 Å². The first-order valence-corrected chi connectivity index (χ1v) is 13.7. The summed E-state index contributed by atoms with van der Waals surface area (Å²) >= 11 is 0. The summed E-state index contributed by atoms with van der Waals surface area (Å²) in [6.45, 7) is 2.77. The van der Waals surface area contributed by atoms with Crippen LogP contribution in [0.25, 0.3) is 16.9 Å². The molecule has 214 valence electrons. The molecular formula is C30H34FN7O3. The number of methoxy groups -OCH3 is 1. The van der Waals surface area contributed by atoms with Gasteiger partial charge >= 0.3 is 0 Å². The van der Waals surface area contributed by atoms with E-state index in [1.165, 1.54) is 12.1 Å². The van der Waals surface area contributed by atoms with E-state index in [0.29, 0.717) is 68.3 Å². The number of carbonyl (C=O) groups excluding carboxylic acids is 1. The summed E-state index contributed by atoms with van der Waals surface area (Å²) in [5.41, 5.74) is 5.38. The number of halogens is 1. The van der Waals surface area contributed by atoms with Crippen molar-refractivity contribution in [2.45, 2.75) is 31.5 Å². The van der Waals surface area contributed by atoms with Crippen LogP contribution in [0.15, 0.2) is 48.8 Å². The van der Waals surface area contributed by atoms with Crippen LogP contribution in [0, 0.1) is 5.82 Å². The largest absolute Gasteiger partial charge is 0.387 e. The van der Waals surface area contributed by atoms with Gasteiger partial charge in [-0.3, -0.25) is 9.20 Å². The second-order valence-corrected chi connectivity index (χ2v) is 11.1. The molecule has 3 N–H and O–H groups in total. The number of anilines is 3. The number of imidazole rings is 1. The minimum absolute atomic E-state index is 0.161. The van der Waals surface area contributed by atoms with Gasteiger partial charge in [0.15, 0.2) is 0 Å². The Morgan fingerprint density at radius 3 is 2.76 bits per heavy atom. The highest BCUT2D eigenvalue weighted by atomic mass is 19.1. The Morgan fingerprint density at radius 1 is 1.20 bits per heavy atom. The van der Waals surface area contributed by atoms with Gasteiger partial charge in [0.1, 0.15) is 17.3 Å². The van der Waals surface area contributed by atoms with Gasteiger partial charge in [-0.25, -0.2) is 14.4 Å². The summed E-state index contributed by atoms with van der Waals surface area (Å²) in [7, 11) is 5.62. The van der Waals surface area contributed by atoms with Crippen molar-refractivity contribution in [2.24, 2.45) is 0 Å². The van der Waals surface area contributed by atoms with Crippen LogP contribution in [0.4, 0.5) is 21.6 Å². The lowest BCUT2D eigenvalue weighted by Crippen LogP contribution is -2.47. The lowest BCUT2D eigenvalue weighted by atomic mass is 9.92. The molecule has 0 radical (unpaired) electrons. The average molecular weight is 560 g/mol. The standard InChI is InChI=1S/C30H34FN7O3/c1-36(2)17-23-24(37-12-9-30(40,10-13-37)18-41-3)6-7-26(35-23)34-22-5-4-20(21-15-33-29(39)28(21)22)25-16-32-27-14-19(31)8-11-38(25)27/h4-8,11,14,16,40H,9-10,12-13,15,17-18H2,1-3H3,(H,33,39)(H,34,35). The van der Waals surface area contributed by atoms with Crippen molar-refractivity contribution in [3.05, 3.63) is 71.4 Å². The van der Waals surface area contributed by atoms with E-state index >= 15 is 0 Å². The number of carbonyl (C=O) groups is 1. The fourth-order valence-corrected chi connectivity index (χ4v) is 5.83. The van der Waals surface area contributed by atoms with E-state index in [9.17, 15) is 14.3 Å². The molecule has 0 saturated carbocycles. The van der Waals surface area contributed by atoms with Crippen LogP contribution in [0.2, 0.25) is 0 Å². The van der Waals surface area contributed by atoms with Crippen LogP contribution in [0.1, 0.15) is 34.5 Å². The zero-order valence-electron chi connectivity index (χ0n) is 23.4. The van der Waals surface area contributed by atoms with Gasteiger partial charge in [0.05, 0.1) is 46.7 Å². The number of ether oxygens (including phenoxy) is 1. The van der Waals surface area contributed by atoms with Gasteiger partial charge in [0.2, 0.25) is 0 Å². The van der Waals surface area contributed by atoms with Crippen molar-refractivity contribution in [1.29, 1.82) is 0 Å². The smallest absolute Gasteiger partial charge is 0.254 e. The van der Waals surface area contributed by atoms with Crippen LogP contribution < -0.4 is 15.5 Å². The zero-order chi connectivity index (χ0) is 28.7. The monoisotopic (exact) mass is 559 g/mol. The van der Waals surface area contributed by atoms with E-state index in [-0.39, 0.29) is 11.7 Å². The normalized spacial score (nSPS) is 16.3. The SMILES string of the molecule is COCC1(O)CCN(c2ccc(Nc3ccc(-c4cnc5cc(F)ccn45)c4c3C(=O)NC4)nc2CN(C)C)CC1. The van der Waals surface area contributed by atoms with Crippen LogP contribution in [-0.4, -0.2) is 76.8 Å². The van der Waals surface area contributed by atoms with Crippen molar-refractivity contribution >= 4 is 28.7 Å². The highest BCUT2D eigenvalue weighted by Crippen LogP contribution is 2.36. The maximum Gasteiger partial charge on any atom is 0.254 e. The van der Waals surface area contributed by atoms with Crippen molar-refractivity contribution < 1.29 is 19.0 Å². The molecule has 0 unspecified atom stereocenters. The van der Waals surface area contributed by atoms with Crippen molar-refractivity contribution in [2.75, 3.05) is 51.1 Å². The molecule has 1 fully saturated rings. The number of nitrogens with zero attached hydrogens (tertiary/aromatic N) is 5. The number of fused-ring (bicyclic) bond motifs is 2. The highest BCUT2D eigenvalue weighted by molar-refractivity contribution is 6.06. The predicted octanol–water partition coefficient (Wildman–Crippen LogP) is 3.56. The first-order valence-electron chi connectivity index (χ1n) is 13.7. The van der Waals surface area contributed by atoms with Gasteiger partial charge in [-0.15, -0.1) is 0 Å². The van der Waals surface area contributed by atoms with Gasteiger partial charge in [0.25, 0.3) is 5.91 Å². The molecule has 3 aromatic heterocycles. The number of amides is 1. The van der Waals surface area contributed by atoms with Gasteiger partial charge in [-0.2, -0.15) is 0 Å². The minimum Gasteiger partial charge on any atom is -0.387 e. The molecule has 6 rings (SSSR count). The van der Waals surface area contributed by atoms with E-state index in [0.717, 1.165) is 28.2 Å². The molecule has 10 nitrogen and oxygen atoms in total. The number of hydrogen-bond acceptors (Lipinski definition) is 8. The molecule has 41 heavy (non-hydrogen) atoms. The number of pyridine rings is 2. The van der Waals surface area contributed by atoms with Crippen LogP contribution in [-0.2, 0) is 17.8 Å². The second kappa shape index (κ2) is 10.7. The topological polar surface area (TPSA) is 107 Å². The summed E-state index contributed by atoms with van der Waals surface area (Å²) in [4.78, 5) is 26.6. The number of aromatic nitrogens is 3. The molecule has 11 heteroatoms. The third-order valence-corrected chi connectivity index (χ3v) is 7.84. The van der Waals surface area contributed by atoms with Crippen LogP contribution >= 0.6 is 0 Å². The lowest BCUT2D eigenvalue weighted by Gasteiger charge is -2.39. The van der Waals surface area contributed by atoms with Crippen LogP contribution in [0.3, 0.4) is 0 Å². The molecule has 0 aliphatic carbocycles. The number of rotatable bonds is 8. The number of benzene rings is 1. The number of aliphatic hydroxyl groups is 1. The maximum atomic E-state index is 13.7. The maximum absolute atomic E-state index is 13.7. The quantitative estimate of drug-likeness (QED) is 0.301. The first-order chi connectivity index (χ1) is 19.7. The van der Waals surface area contributed by atoms with Gasteiger partial charge < -0.3 is 30.3 Å². The van der Waals surface area contributed by atoms with E-state index in [4.69, 9.17) is 9.72 Å². The fraction of sp³-hybridized carbons (Fsp3) is 0.367. The number of hydrogen-bond donors (Lipinski definition) is 3. The molecule has 0 spiro atoms. The Kier molecular flexibility index (Phi) is 7.10. The van der Waals surface area contributed by atoms with Crippen molar-refractivity contribution in [3.63, 3.8) is 0 Å². The Bertz CT molecular complexity index is 1610. The summed E-state index contributed by atoms with van der Waals surface area (Å²) in [5.74, 6) is 0.126. The summed E-state index contributed by atoms with van der Waals surface area (Å²) in [6.07, 6.45) is 4.59. The lowest BCUT2D eigenvalue weighted by molar-refractivity contribution is -0.0472. The molecule has 5 heterocycles. The minimum atomic E-state index is -0.797. The van der Waals surface area contributed by atoms with Gasteiger partial charge in [-0.05, 0) is 56.8 Å². The fourth-order valence-electron chi connectivity index (χ4n) is 5.83. The summed E-state index contributed by atoms with van der Waals surface area (Å²) in [5, 5.41) is 17.1. The van der Waals surface area contributed by atoms with E-state index in [1.807, 2.05) is 36.7 Å². The molecule has 2 aliphatic heterocycles. The third-order valence-electron chi connectivity index (χ3n) is 7.84. The zero-order valence-corrected chi connectivity index (χ0v) is 23.4. The molecule has 4 aromatic rings. The van der Waals surface area contributed by atoms with Crippen molar-refractivity contribution in [1.82, 2.24) is 24.6 Å². The van der Waals surface area contributed by atoms with E-state index in [1.54, 1.807) is 19.5 Å². The summed E-state index contributed by atoms with van der Waals surface area (Å²) < 4.78 is 20.8. The average Bonchev–Trinajstić information content (AvgIpc) is 3.53. The highest BCUT2D eigenvalue weighted by Gasteiger charge is 2.33. The Hall–Kier alpha value is -4.06. The Labute approximate surface area is 237 Å². The van der Waals surface area contributed by atoms with E-state index < -0.39 is 5.60 Å². The van der Waals surface area contributed by atoms with Gasteiger partial charge in [0, 0.05) is 51.1 Å².